The van der Waals surface area contributed by atoms with Crippen molar-refractivity contribution in [2.45, 2.75) is 128 Å². The first-order valence-electron chi connectivity index (χ1n) is 25.0. The first kappa shape index (κ1) is 63.5. The van der Waals surface area contributed by atoms with E-state index >= 15 is 0 Å². The number of aliphatic imine (C=N–C) groups is 1. The number of hydrogen-bond donors (Lipinski definition) is 16. The van der Waals surface area contributed by atoms with Crippen LogP contribution < -0.4 is 71.2 Å². The molecule has 28 nitrogen and oxygen atoms in total. The summed E-state index contributed by atoms with van der Waals surface area (Å²) in [4.78, 5) is 153. The average Bonchev–Trinajstić information content (AvgIpc) is 3.77. The van der Waals surface area contributed by atoms with Crippen LogP contribution in [-0.4, -0.2) is 148 Å². The predicted octanol–water partition coefficient (Wildman–Crippen LogP) is -3.89. The zero-order chi connectivity index (χ0) is 58.4. The fraction of sp³-hybridized carbons (Fsp3) is 0.480. The van der Waals surface area contributed by atoms with Gasteiger partial charge in [-0.15, -0.1) is 0 Å². The number of benzene rings is 2. The highest BCUT2D eigenvalue weighted by molar-refractivity contribution is 6.00. The van der Waals surface area contributed by atoms with E-state index in [1.54, 1.807) is 58.2 Å². The number of carboxylic acid groups (broad SMARTS) is 1. The minimum atomic E-state index is -1.78. The highest BCUT2D eigenvalue weighted by Crippen LogP contribution is 2.20. The molecule has 78 heavy (non-hydrogen) atoms. The Bertz CT molecular complexity index is 2650. The van der Waals surface area contributed by atoms with Gasteiger partial charge in [0.1, 0.15) is 54.1 Å². The Kier molecular flexibility index (Phi) is 24.9. The number of nitrogens with two attached hydrogens (primary N) is 5. The third-order valence-electron chi connectivity index (χ3n) is 11.9. The lowest BCUT2D eigenvalue weighted by Crippen LogP contribution is -2.60. The molecule has 3 rings (SSSR count). The van der Waals surface area contributed by atoms with Gasteiger partial charge in [-0.2, -0.15) is 0 Å². The highest BCUT2D eigenvalue weighted by Gasteiger charge is 2.36. The van der Waals surface area contributed by atoms with Crippen LogP contribution in [0.2, 0.25) is 0 Å². The van der Waals surface area contributed by atoms with Crippen LogP contribution in [0.1, 0.15) is 77.8 Å². The van der Waals surface area contributed by atoms with Crippen LogP contribution in [0.25, 0.3) is 10.9 Å². The summed E-state index contributed by atoms with van der Waals surface area (Å²) in [5.74, 6) is -12.1. The van der Waals surface area contributed by atoms with Crippen LogP contribution in [0, 0.1) is 11.8 Å². The number of aliphatic carboxylic acids is 1. The van der Waals surface area contributed by atoms with Gasteiger partial charge in [0.15, 0.2) is 5.96 Å². The fourth-order valence-electron chi connectivity index (χ4n) is 7.89. The molecular formula is C50H73N15O13. The van der Waals surface area contributed by atoms with Crippen molar-refractivity contribution in [2.24, 2.45) is 45.5 Å². The Balaban J connectivity index is 1.91. The van der Waals surface area contributed by atoms with Crippen molar-refractivity contribution in [3.8, 4) is 5.75 Å². The summed E-state index contributed by atoms with van der Waals surface area (Å²) in [6, 6.07) is 0.826. The van der Waals surface area contributed by atoms with Crippen molar-refractivity contribution < 1.29 is 63.0 Å². The lowest BCUT2D eigenvalue weighted by molar-refractivity contribution is -0.143. The van der Waals surface area contributed by atoms with Gasteiger partial charge in [-0.25, -0.2) is 4.79 Å². The number of aromatic hydroxyl groups is 1. The summed E-state index contributed by atoms with van der Waals surface area (Å²) in [6.07, 6.45) is -0.389. The van der Waals surface area contributed by atoms with Gasteiger partial charge in [-0.3, -0.25) is 52.9 Å². The maximum absolute atomic E-state index is 14.3. The predicted molar refractivity (Wildman–Crippen MR) is 283 cm³/mol. The summed E-state index contributed by atoms with van der Waals surface area (Å²) in [5.41, 5.74) is 28.9. The molecule has 0 aliphatic rings. The molecule has 0 radical (unpaired) electrons. The largest absolute Gasteiger partial charge is 0.508 e. The van der Waals surface area contributed by atoms with E-state index in [0.717, 1.165) is 0 Å². The molecule has 2 aromatic carbocycles. The van der Waals surface area contributed by atoms with Gasteiger partial charge in [0.05, 0.1) is 19.4 Å². The molecule has 21 N–H and O–H groups in total. The monoisotopic (exact) mass is 1090 g/mol. The smallest absolute Gasteiger partial charge is 0.326 e. The first-order chi connectivity index (χ1) is 36.7. The molecule has 0 bridgehead atoms. The van der Waals surface area contributed by atoms with Crippen molar-refractivity contribution in [3.63, 3.8) is 0 Å². The van der Waals surface area contributed by atoms with Gasteiger partial charge in [-0.05, 0) is 67.3 Å². The van der Waals surface area contributed by atoms with Crippen LogP contribution in [-0.2, 0) is 65.6 Å². The number of carbonyl (C=O) groups is 11. The van der Waals surface area contributed by atoms with E-state index in [1.165, 1.54) is 31.2 Å². The van der Waals surface area contributed by atoms with Crippen molar-refractivity contribution in [1.29, 1.82) is 0 Å². The number of phenols is 1. The number of aromatic amines is 1. The van der Waals surface area contributed by atoms with Crippen molar-refractivity contribution >= 4 is 81.9 Å². The third-order valence-corrected chi connectivity index (χ3v) is 11.9. The van der Waals surface area contributed by atoms with E-state index in [-0.39, 0.29) is 56.3 Å². The molecule has 10 amide bonds. The zero-order valence-electron chi connectivity index (χ0n) is 44.1. The number of hydrogen-bond acceptors (Lipinski definition) is 14. The summed E-state index contributed by atoms with van der Waals surface area (Å²) >= 11 is 0. The number of carbonyl (C=O) groups excluding carboxylic acids is 10. The van der Waals surface area contributed by atoms with E-state index in [2.05, 4.69) is 52.5 Å². The quantitative estimate of drug-likeness (QED) is 0.0161. The number of rotatable bonds is 32. The van der Waals surface area contributed by atoms with Crippen LogP contribution >= 0.6 is 0 Å². The Labute approximate surface area is 449 Å². The second-order valence-corrected chi connectivity index (χ2v) is 19.3. The number of amides is 10. The minimum absolute atomic E-state index is 0.0153. The van der Waals surface area contributed by atoms with Gasteiger partial charge in [-0.1, -0.05) is 58.0 Å². The number of nitrogens with one attached hydrogen (secondary N) is 9. The molecule has 28 heteroatoms. The molecule has 426 valence electrons. The Hall–Kier alpha value is -8.82. The lowest BCUT2D eigenvalue weighted by Gasteiger charge is -2.28. The van der Waals surface area contributed by atoms with Gasteiger partial charge in [0, 0.05) is 36.5 Å². The maximum Gasteiger partial charge on any atom is 0.326 e. The van der Waals surface area contributed by atoms with E-state index in [1.807, 2.05) is 0 Å². The molecule has 0 unspecified atom stereocenters. The van der Waals surface area contributed by atoms with E-state index < -0.39 is 139 Å². The summed E-state index contributed by atoms with van der Waals surface area (Å²) in [7, 11) is 0. The number of para-hydroxylation sites is 1. The minimum Gasteiger partial charge on any atom is -0.508 e. The lowest BCUT2D eigenvalue weighted by atomic mass is 9.99. The molecule has 1 heterocycles. The topological polar surface area (TPSA) is 483 Å². The molecule has 0 saturated heterocycles. The number of fused-ring (bicyclic) bond motifs is 1. The second kappa shape index (κ2) is 30.7. The van der Waals surface area contributed by atoms with E-state index in [0.29, 0.717) is 22.0 Å². The second-order valence-electron chi connectivity index (χ2n) is 19.3. The number of nitrogens with zero attached hydrogens (tertiary/aromatic N) is 1. The Morgan fingerprint density at radius 1 is 0.590 bits per heavy atom. The molecule has 0 fully saturated rings. The molecular weight excluding hydrogens is 1020 g/mol. The maximum atomic E-state index is 14.3. The van der Waals surface area contributed by atoms with Gasteiger partial charge in [0.2, 0.25) is 59.1 Å². The van der Waals surface area contributed by atoms with E-state index in [4.69, 9.17) is 28.7 Å². The Morgan fingerprint density at radius 3 is 1.64 bits per heavy atom. The Morgan fingerprint density at radius 2 is 1.09 bits per heavy atom. The first-order valence-corrected chi connectivity index (χ1v) is 25.0. The van der Waals surface area contributed by atoms with Crippen LogP contribution in [0.4, 0.5) is 0 Å². The number of guanidine groups is 1. The van der Waals surface area contributed by atoms with Crippen molar-refractivity contribution in [1.82, 2.24) is 47.5 Å². The molecule has 0 aliphatic carbocycles. The van der Waals surface area contributed by atoms with Crippen LogP contribution in [0.15, 0.2) is 59.7 Å². The zero-order valence-corrected chi connectivity index (χ0v) is 44.1. The number of aromatic nitrogens is 1. The summed E-state index contributed by atoms with van der Waals surface area (Å²) in [5, 5.41) is 40.1. The fourth-order valence-corrected chi connectivity index (χ4v) is 7.89. The SMILES string of the molecule is CC(C)C[C@H](NC(=O)[C@H](CCCN=C(N)N)NC(=O)[C@H](CC(N)=O)NC(=O)[C@H](C)NC(=O)[C@H](Cc1c[nH]c2ccccc12)NC(=O)[C@H](CC(N)=O)NC(=O)CN)C(=O)N[C@@H](Cc1ccc(O)cc1)C(=O)N[C@H](C(=O)O)C(C)C. The molecule has 0 saturated carbocycles. The molecule has 0 aliphatic heterocycles. The average molecular weight is 1090 g/mol. The van der Waals surface area contributed by atoms with Gasteiger partial charge >= 0.3 is 5.97 Å². The number of phenolic OH excluding ortho intramolecular Hbond substituents is 1. The third kappa shape index (κ3) is 21.1. The number of H-pyrrole nitrogens is 1. The van der Waals surface area contributed by atoms with Crippen LogP contribution in [0.5, 0.6) is 5.75 Å². The number of primary amides is 2. The highest BCUT2D eigenvalue weighted by atomic mass is 16.4. The van der Waals surface area contributed by atoms with E-state index in [9.17, 15) is 63.0 Å². The van der Waals surface area contributed by atoms with Crippen LogP contribution in [0.3, 0.4) is 0 Å². The van der Waals surface area contributed by atoms with Crippen molar-refractivity contribution in [2.75, 3.05) is 13.1 Å². The summed E-state index contributed by atoms with van der Waals surface area (Å²) < 4.78 is 0. The molecule has 1 aromatic heterocycles. The van der Waals surface area contributed by atoms with Crippen molar-refractivity contribution in [3.05, 3.63) is 65.9 Å². The number of carboxylic acids is 1. The standard InChI is InChI=1S/C50H73N15O13/c1-24(2)17-33(45(73)63-34(18-27-12-14-29(66)15-13-27)48(76)65-41(25(3)4)49(77)78)62-43(71)32(11-8-16-56-50(54)55)60-47(75)37(21-39(53)68)61-42(70)26(5)58-44(72)35(19-28-23-57-31-10-7-6-9-30(28)31)64-46(74)36(20-38(52)67)59-40(69)22-51/h6-7,9-10,12-15,23-26,32-37,41,57,66H,8,11,16-22,51H2,1-5H3,(H2,52,67)(H2,53,68)(H,58,72)(H,59,69)(H,60,75)(H,61,70)(H,62,71)(H,63,73)(H,64,74)(H,65,76)(H,77,78)(H4,54,55,56)/t26-,32-,33-,34-,35-,36-,37-,41-/m0/s1. The van der Waals surface area contributed by atoms with Gasteiger partial charge < -0.3 is 86.4 Å². The molecule has 8 atom stereocenters. The molecule has 0 spiro atoms. The van der Waals surface area contributed by atoms with Gasteiger partial charge in [0.25, 0.3) is 0 Å². The summed E-state index contributed by atoms with van der Waals surface area (Å²) in [6.45, 7) is 7.30. The normalized spacial score (nSPS) is 14.2. The molecule has 3 aromatic rings.